The van der Waals surface area contributed by atoms with Gasteiger partial charge < -0.3 is 14.0 Å². The minimum Gasteiger partial charge on any atom is -0.494 e. The lowest BCUT2D eigenvalue weighted by Crippen LogP contribution is -2.08. The van der Waals surface area contributed by atoms with Crippen LogP contribution < -0.4 is 4.74 Å². The molecule has 0 aliphatic rings. The van der Waals surface area contributed by atoms with Crippen LogP contribution in [0.4, 0.5) is 0 Å². The van der Waals surface area contributed by atoms with Gasteiger partial charge in [0.2, 0.25) is 0 Å². The molecule has 0 atom stereocenters. The van der Waals surface area contributed by atoms with Gasteiger partial charge in [-0.1, -0.05) is 31.5 Å². The Morgan fingerprint density at radius 3 is 2.67 bits per heavy atom. The molecular weight excluding hydrogens is 366 g/mol. The van der Waals surface area contributed by atoms with Crippen molar-refractivity contribution in [3.63, 3.8) is 0 Å². The third-order valence-corrected chi connectivity index (χ3v) is 4.56. The Labute approximate surface area is 163 Å². The summed E-state index contributed by atoms with van der Waals surface area (Å²) in [7, 11) is 1.34. The van der Waals surface area contributed by atoms with E-state index in [0.717, 1.165) is 35.5 Å². The minimum atomic E-state index is -0.474. The maximum absolute atomic E-state index is 11.8. The van der Waals surface area contributed by atoms with Crippen molar-refractivity contribution in [1.82, 2.24) is 14.5 Å². The SMILES string of the molecule is CCCOc1ccc(Cn2c(CC)nc3ccc(C(=O)OC)nc32)c(Cl)c1. The van der Waals surface area contributed by atoms with Crippen LogP contribution in [0.1, 0.15) is 42.1 Å². The molecule has 3 aromatic rings. The molecule has 1 aromatic carbocycles. The molecule has 6 nitrogen and oxygen atoms in total. The molecule has 0 bridgehead atoms. The highest BCUT2D eigenvalue weighted by Gasteiger charge is 2.16. The number of imidazole rings is 1. The van der Waals surface area contributed by atoms with E-state index in [4.69, 9.17) is 21.1 Å². The number of esters is 1. The molecule has 0 fully saturated rings. The topological polar surface area (TPSA) is 66.2 Å². The molecule has 0 saturated carbocycles. The predicted molar refractivity (Wildman–Crippen MR) is 105 cm³/mol. The van der Waals surface area contributed by atoms with Crippen LogP contribution in [0.25, 0.3) is 11.2 Å². The summed E-state index contributed by atoms with van der Waals surface area (Å²) in [5.41, 5.74) is 2.55. The number of aryl methyl sites for hydroxylation is 1. The van der Waals surface area contributed by atoms with Gasteiger partial charge in [0.15, 0.2) is 11.3 Å². The molecule has 0 N–H and O–H groups in total. The van der Waals surface area contributed by atoms with Gasteiger partial charge in [-0.15, -0.1) is 0 Å². The van der Waals surface area contributed by atoms with E-state index < -0.39 is 5.97 Å². The van der Waals surface area contributed by atoms with E-state index in [1.54, 1.807) is 12.1 Å². The second-order valence-electron chi connectivity index (χ2n) is 6.10. The van der Waals surface area contributed by atoms with E-state index in [1.807, 2.05) is 29.7 Å². The molecule has 0 amide bonds. The van der Waals surface area contributed by atoms with E-state index in [0.29, 0.717) is 23.8 Å². The van der Waals surface area contributed by atoms with Crippen LogP contribution in [-0.4, -0.2) is 34.2 Å². The zero-order valence-corrected chi connectivity index (χ0v) is 16.4. The van der Waals surface area contributed by atoms with Crippen LogP contribution in [0.3, 0.4) is 0 Å². The number of hydrogen-bond acceptors (Lipinski definition) is 5. The molecule has 0 aliphatic carbocycles. The highest BCUT2D eigenvalue weighted by molar-refractivity contribution is 6.31. The van der Waals surface area contributed by atoms with Gasteiger partial charge in [-0.3, -0.25) is 0 Å². The standard InChI is InChI=1S/C20H22ClN3O3/c1-4-10-27-14-7-6-13(15(21)11-14)12-24-18(5-2)22-16-8-9-17(20(25)26-3)23-19(16)24/h6-9,11H,4-5,10,12H2,1-3H3. The molecule has 0 radical (unpaired) electrons. The molecule has 7 heteroatoms. The monoisotopic (exact) mass is 387 g/mol. The minimum absolute atomic E-state index is 0.253. The number of pyridine rings is 1. The van der Waals surface area contributed by atoms with Crippen LogP contribution in [0.15, 0.2) is 30.3 Å². The van der Waals surface area contributed by atoms with Crippen molar-refractivity contribution in [3.8, 4) is 5.75 Å². The van der Waals surface area contributed by atoms with E-state index in [9.17, 15) is 4.79 Å². The highest BCUT2D eigenvalue weighted by Crippen LogP contribution is 2.26. The number of carbonyl (C=O) groups is 1. The van der Waals surface area contributed by atoms with Gasteiger partial charge in [0.25, 0.3) is 0 Å². The van der Waals surface area contributed by atoms with Crippen molar-refractivity contribution in [1.29, 1.82) is 0 Å². The number of aromatic nitrogens is 3. The Morgan fingerprint density at radius 1 is 1.19 bits per heavy atom. The average Bonchev–Trinajstić information content (AvgIpc) is 3.04. The Hall–Kier alpha value is -2.60. The van der Waals surface area contributed by atoms with Crippen LogP contribution in [-0.2, 0) is 17.7 Å². The van der Waals surface area contributed by atoms with Crippen LogP contribution >= 0.6 is 11.6 Å². The van der Waals surface area contributed by atoms with Gasteiger partial charge in [-0.05, 0) is 36.2 Å². The van der Waals surface area contributed by atoms with E-state index in [-0.39, 0.29) is 5.69 Å². The number of fused-ring (bicyclic) bond motifs is 1. The second kappa shape index (κ2) is 8.39. The largest absolute Gasteiger partial charge is 0.494 e. The normalized spacial score (nSPS) is 11.0. The fraction of sp³-hybridized carbons (Fsp3) is 0.350. The Balaban J connectivity index is 1.99. The van der Waals surface area contributed by atoms with Gasteiger partial charge in [0.05, 0.1) is 20.3 Å². The molecule has 0 spiro atoms. The lowest BCUT2D eigenvalue weighted by atomic mass is 10.2. The lowest BCUT2D eigenvalue weighted by molar-refractivity contribution is 0.0594. The van der Waals surface area contributed by atoms with E-state index in [1.165, 1.54) is 7.11 Å². The number of nitrogens with zero attached hydrogens (tertiary/aromatic N) is 3. The van der Waals surface area contributed by atoms with Gasteiger partial charge in [0.1, 0.15) is 17.1 Å². The summed E-state index contributed by atoms with van der Waals surface area (Å²) in [5, 5.41) is 0.622. The number of ether oxygens (including phenoxy) is 2. The van der Waals surface area contributed by atoms with Crippen molar-refractivity contribution in [2.75, 3.05) is 13.7 Å². The highest BCUT2D eigenvalue weighted by atomic mass is 35.5. The zero-order valence-electron chi connectivity index (χ0n) is 15.7. The summed E-state index contributed by atoms with van der Waals surface area (Å²) in [4.78, 5) is 20.9. The van der Waals surface area contributed by atoms with Crippen molar-refractivity contribution in [3.05, 3.63) is 52.4 Å². The molecule has 0 saturated heterocycles. The molecular formula is C20H22ClN3O3. The van der Waals surface area contributed by atoms with Crippen molar-refractivity contribution in [2.24, 2.45) is 0 Å². The van der Waals surface area contributed by atoms with E-state index >= 15 is 0 Å². The number of methoxy groups -OCH3 is 1. The van der Waals surface area contributed by atoms with Crippen molar-refractivity contribution >= 4 is 28.7 Å². The fourth-order valence-electron chi connectivity index (χ4n) is 2.84. The molecule has 0 unspecified atom stereocenters. The summed E-state index contributed by atoms with van der Waals surface area (Å²) in [6, 6.07) is 9.09. The third kappa shape index (κ3) is 4.06. The van der Waals surface area contributed by atoms with Crippen LogP contribution in [0.5, 0.6) is 5.75 Å². The van der Waals surface area contributed by atoms with Gasteiger partial charge in [-0.2, -0.15) is 0 Å². The van der Waals surface area contributed by atoms with Crippen LogP contribution in [0, 0.1) is 0 Å². The first-order valence-corrected chi connectivity index (χ1v) is 9.30. The first-order valence-electron chi connectivity index (χ1n) is 8.93. The summed E-state index contributed by atoms with van der Waals surface area (Å²) in [5.74, 6) is 1.16. The third-order valence-electron chi connectivity index (χ3n) is 4.21. The van der Waals surface area contributed by atoms with Gasteiger partial charge in [0, 0.05) is 11.4 Å². The smallest absolute Gasteiger partial charge is 0.356 e. The summed E-state index contributed by atoms with van der Waals surface area (Å²) < 4.78 is 12.4. The quantitative estimate of drug-likeness (QED) is 0.566. The van der Waals surface area contributed by atoms with Crippen molar-refractivity contribution < 1.29 is 14.3 Å². The number of carbonyl (C=O) groups excluding carboxylic acids is 1. The maximum Gasteiger partial charge on any atom is 0.356 e. The Kier molecular flexibility index (Phi) is 5.96. The first kappa shape index (κ1) is 19.2. The fourth-order valence-corrected chi connectivity index (χ4v) is 3.07. The van der Waals surface area contributed by atoms with E-state index in [2.05, 4.69) is 16.9 Å². The number of benzene rings is 1. The van der Waals surface area contributed by atoms with Gasteiger partial charge >= 0.3 is 5.97 Å². The number of hydrogen-bond donors (Lipinski definition) is 0. The predicted octanol–water partition coefficient (Wildman–Crippen LogP) is 4.27. The van der Waals surface area contributed by atoms with Crippen molar-refractivity contribution in [2.45, 2.75) is 33.2 Å². The Morgan fingerprint density at radius 2 is 2.00 bits per heavy atom. The maximum atomic E-state index is 11.8. The average molecular weight is 388 g/mol. The first-order chi connectivity index (χ1) is 13.1. The number of halogens is 1. The zero-order chi connectivity index (χ0) is 19.4. The molecule has 27 heavy (non-hydrogen) atoms. The molecule has 2 heterocycles. The molecule has 2 aromatic heterocycles. The summed E-state index contributed by atoms with van der Waals surface area (Å²) >= 11 is 6.47. The summed E-state index contributed by atoms with van der Waals surface area (Å²) in [6.45, 7) is 5.25. The van der Waals surface area contributed by atoms with Crippen LogP contribution in [0.2, 0.25) is 5.02 Å². The number of rotatable bonds is 7. The lowest BCUT2D eigenvalue weighted by Gasteiger charge is -2.11. The molecule has 142 valence electrons. The Bertz CT molecular complexity index is 969. The second-order valence-corrected chi connectivity index (χ2v) is 6.51. The molecule has 3 rings (SSSR count). The van der Waals surface area contributed by atoms with Gasteiger partial charge in [-0.25, -0.2) is 14.8 Å². The molecule has 0 aliphatic heterocycles. The summed E-state index contributed by atoms with van der Waals surface area (Å²) in [6.07, 6.45) is 1.67.